The topological polar surface area (TPSA) is 97.1 Å². The average molecular weight is 464 g/mol. The number of aromatic nitrogens is 2. The largest absolute Gasteiger partial charge is 0.490 e. The smallest absolute Gasteiger partial charge is 0.475 e. The minimum atomic E-state index is -5.08. The Morgan fingerprint density at radius 3 is 2.34 bits per heavy atom. The van der Waals surface area contributed by atoms with Gasteiger partial charge in [-0.2, -0.15) is 18.3 Å². The molecule has 0 bridgehead atoms. The van der Waals surface area contributed by atoms with Crippen LogP contribution in [0.25, 0.3) is 0 Å². The van der Waals surface area contributed by atoms with Crippen molar-refractivity contribution in [2.45, 2.75) is 31.5 Å². The Kier molecular flexibility index (Phi) is 9.05. The van der Waals surface area contributed by atoms with E-state index in [1.165, 1.54) is 0 Å². The fraction of sp³-hybridized carbons (Fsp3) is 0.750. The number of halogens is 3. The molecular weight excluding hydrogens is 433 g/mol. The Hall–Kier alpha value is -2.18. The number of methoxy groups -OCH3 is 2. The van der Waals surface area contributed by atoms with Crippen molar-refractivity contribution in [1.82, 2.24) is 19.6 Å². The molecule has 182 valence electrons. The first-order valence-electron chi connectivity index (χ1n) is 10.3. The maximum Gasteiger partial charge on any atom is 0.490 e. The second-order valence-corrected chi connectivity index (χ2v) is 8.25. The van der Waals surface area contributed by atoms with E-state index in [0.29, 0.717) is 17.2 Å². The number of carboxylic acid groups (broad SMARTS) is 1. The number of aryl methyl sites for hydroxylation is 1. The Bertz CT molecular complexity index is 763. The molecule has 1 atom stereocenters. The predicted octanol–water partition coefficient (Wildman–Crippen LogP) is 1.64. The number of hydrogen-bond donors (Lipinski definition) is 1. The molecule has 1 aromatic rings. The number of carbonyl (C=O) groups is 2. The quantitative estimate of drug-likeness (QED) is 0.684. The number of aliphatic carboxylic acids is 1. The summed E-state index contributed by atoms with van der Waals surface area (Å²) >= 11 is 0. The van der Waals surface area contributed by atoms with E-state index in [-0.39, 0.29) is 5.91 Å². The molecule has 1 spiro atoms. The van der Waals surface area contributed by atoms with Gasteiger partial charge >= 0.3 is 12.1 Å². The number of hydrogen-bond acceptors (Lipinski definition) is 6. The van der Waals surface area contributed by atoms with Gasteiger partial charge in [-0.05, 0) is 30.7 Å². The van der Waals surface area contributed by atoms with Crippen molar-refractivity contribution in [2.24, 2.45) is 12.5 Å². The zero-order valence-corrected chi connectivity index (χ0v) is 18.6. The first-order chi connectivity index (χ1) is 15.0. The lowest BCUT2D eigenvalue weighted by Gasteiger charge is -2.39. The number of rotatable bonds is 6. The van der Waals surface area contributed by atoms with Crippen LogP contribution in [0.1, 0.15) is 29.8 Å². The van der Waals surface area contributed by atoms with E-state index in [1.54, 1.807) is 25.0 Å². The molecule has 0 radical (unpaired) electrons. The van der Waals surface area contributed by atoms with E-state index >= 15 is 0 Å². The third kappa shape index (κ3) is 6.91. The van der Waals surface area contributed by atoms with Crippen LogP contribution >= 0.6 is 0 Å². The lowest BCUT2D eigenvalue weighted by Crippen LogP contribution is -2.44. The van der Waals surface area contributed by atoms with Crippen LogP contribution < -0.4 is 0 Å². The van der Waals surface area contributed by atoms with Crippen molar-refractivity contribution in [1.29, 1.82) is 0 Å². The minimum absolute atomic E-state index is 0.0538. The van der Waals surface area contributed by atoms with Crippen molar-refractivity contribution in [3.8, 4) is 0 Å². The van der Waals surface area contributed by atoms with Gasteiger partial charge in [0.15, 0.2) is 0 Å². The van der Waals surface area contributed by atoms with Gasteiger partial charge in [-0.15, -0.1) is 0 Å². The molecule has 2 saturated heterocycles. The highest BCUT2D eigenvalue weighted by atomic mass is 19.4. The highest BCUT2D eigenvalue weighted by Crippen LogP contribution is 2.43. The fourth-order valence-electron chi connectivity index (χ4n) is 4.32. The van der Waals surface area contributed by atoms with E-state index in [0.717, 1.165) is 58.7 Å². The monoisotopic (exact) mass is 464 g/mol. The SMILES string of the molecule is COCCN1CC2(CCN(C(=O)c3ccn(C)n3)CC2)CC1COC.O=C(O)C(F)(F)F. The number of carbonyl (C=O) groups excluding carboxylic acids is 1. The van der Waals surface area contributed by atoms with E-state index < -0.39 is 12.1 Å². The maximum atomic E-state index is 12.6. The summed E-state index contributed by atoms with van der Waals surface area (Å²) in [7, 11) is 5.36. The summed E-state index contributed by atoms with van der Waals surface area (Å²) in [4.78, 5) is 25.9. The molecule has 1 unspecified atom stereocenters. The van der Waals surface area contributed by atoms with Gasteiger partial charge in [0, 0.05) is 59.7 Å². The summed E-state index contributed by atoms with van der Waals surface area (Å²) in [5.74, 6) is -2.70. The Labute approximate surface area is 185 Å². The van der Waals surface area contributed by atoms with Crippen LogP contribution in [0.5, 0.6) is 0 Å². The van der Waals surface area contributed by atoms with Crippen LogP contribution in [0.3, 0.4) is 0 Å². The second-order valence-electron chi connectivity index (χ2n) is 8.25. The van der Waals surface area contributed by atoms with Crippen LogP contribution in [0, 0.1) is 5.41 Å². The number of ether oxygens (including phenoxy) is 2. The van der Waals surface area contributed by atoms with Gasteiger partial charge in [0.1, 0.15) is 5.69 Å². The molecule has 1 N–H and O–H groups in total. The number of carboxylic acids is 1. The molecule has 0 aliphatic carbocycles. The zero-order chi connectivity index (χ0) is 23.9. The van der Waals surface area contributed by atoms with Crippen LogP contribution in [0.2, 0.25) is 0 Å². The molecule has 0 saturated carbocycles. The molecule has 1 amide bonds. The van der Waals surface area contributed by atoms with Gasteiger partial charge in [-0.3, -0.25) is 14.4 Å². The zero-order valence-electron chi connectivity index (χ0n) is 18.6. The molecule has 3 rings (SSSR count). The minimum Gasteiger partial charge on any atom is -0.475 e. The Morgan fingerprint density at radius 2 is 1.88 bits per heavy atom. The summed E-state index contributed by atoms with van der Waals surface area (Å²) in [5, 5.41) is 11.4. The van der Waals surface area contributed by atoms with Crippen molar-refractivity contribution < 1.29 is 37.3 Å². The van der Waals surface area contributed by atoms with Crippen LogP contribution in [0.4, 0.5) is 13.2 Å². The number of amides is 1. The Balaban J connectivity index is 0.000000451. The van der Waals surface area contributed by atoms with E-state index in [2.05, 4.69) is 10.00 Å². The molecule has 2 aliphatic heterocycles. The summed E-state index contributed by atoms with van der Waals surface area (Å²) < 4.78 is 44.1. The van der Waals surface area contributed by atoms with Gasteiger partial charge in [0.25, 0.3) is 5.91 Å². The lowest BCUT2D eigenvalue weighted by atomic mass is 9.76. The van der Waals surface area contributed by atoms with Crippen LogP contribution in [0.15, 0.2) is 12.3 Å². The lowest BCUT2D eigenvalue weighted by molar-refractivity contribution is -0.192. The van der Waals surface area contributed by atoms with Crippen molar-refractivity contribution in [3.63, 3.8) is 0 Å². The van der Waals surface area contributed by atoms with Crippen LogP contribution in [-0.4, -0.2) is 102 Å². The second kappa shape index (κ2) is 11.1. The Morgan fingerprint density at radius 1 is 1.25 bits per heavy atom. The maximum absolute atomic E-state index is 12.6. The summed E-state index contributed by atoms with van der Waals surface area (Å²) in [6.07, 6.45) is -0.0145. The molecule has 12 heteroatoms. The molecule has 32 heavy (non-hydrogen) atoms. The molecule has 9 nitrogen and oxygen atoms in total. The van der Waals surface area contributed by atoms with E-state index in [9.17, 15) is 18.0 Å². The third-order valence-corrected chi connectivity index (χ3v) is 5.95. The predicted molar refractivity (Wildman–Crippen MR) is 108 cm³/mol. The molecule has 2 aliphatic rings. The first kappa shape index (κ1) is 26.1. The standard InChI is InChI=1S/C18H30N4O3.C2HF3O2/c1-20-7-4-16(19-20)17(23)21-8-5-18(6-9-21)12-15(13-25-3)22(14-18)10-11-24-2;3-2(4,5)1(6)7/h4,7,15H,5-6,8-14H2,1-3H3;(H,6,7). The van der Waals surface area contributed by atoms with Crippen molar-refractivity contribution in [2.75, 3.05) is 53.6 Å². The van der Waals surface area contributed by atoms with E-state index in [1.807, 2.05) is 18.1 Å². The average Bonchev–Trinajstić information content (AvgIpc) is 3.30. The van der Waals surface area contributed by atoms with Crippen LogP contribution in [-0.2, 0) is 21.3 Å². The van der Waals surface area contributed by atoms with E-state index in [4.69, 9.17) is 19.4 Å². The number of alkyl halides is 3. The summed E-state index contributed by atoms with van der Waals surface area (Å²) in [6, 6.07) is 2.25. The molecule has 1 aromatic heterocycles. The molecular formula is C20H31F3N4O5. The molecule has 2 fully saturated rings. The highest BCUT2D eigenvalue weighted by Gasteiger charge is 2.45. The van der Waals surface area contributed by atoms with Crippen molar-refractivity contribution >= 4 is 11.9 Å². The van der Waals surface area contributed by atoms with Gasteiger partial charge < -0.3 is 19.5 Å². The van der Waals surface area contributed by atoms with Gasteiger partial charge in [0.2, 0.25) is 0 Å². The van der Waals surface area contributed by atoms with Crippen molar-refractivity contribution in [3.05, 3.63) is 18.0 Å². The van der Waals surface area contributed by atoms with Gasteiger partial charge in [0.05, 0.1) is 13.2 Å². The number of nitrogens with zero attached hydrogens (tertiary/aromatic N) is 4. The number of likely N-dealkylation sites (tertiary alicyclic amines) is 2. The summed E-state index contributed by atoms with van der Waals surface area (Å²) in [6.45, 7) is 5.17. The third-order valence-electron chi connectivity index (χ3n) is 5.95. The first-order valence-corrected chi connectivity index (χ1v) is 10.3. The normalized spacial score (nSPS) is 20.8. The number of piperidine rings is 1. The highest BCUT2D eigenvalue weighted by molar-refractivity contribution is 5.92. The summed E-state index contributed by atoms with van der Waals surface area (Å²) in [5.41, 5.74) is 0.849. The van der Waals surface area contributed by atoms with Gasteiger partial charge in [-0.1, -0.05) is 0 Å². The molecule has 0 aromatic carbocycles. The molecule has 3 heterocycles. The van der Waals surface area contributed by atoms with Gasteiger partial charge in [-0.25, -0.2) is 4.79 Å². The fourth-order valence-corrected chi connectivity index (χ4v) is 4.32.